The van der Waals surface area contributed by atoms with Gasteiger partial charge in [0, 0.05) is 30.5 Å². The molecule has 1 atom stereocenters. The van der Waals surface area contributed by atoms with Crippen molar-refractivity contribution in [1.29, 1.82) is 0 Å². The maximum Gasteiger partial charge on any atom is 0.185 e. The lowest BCUT2D eigenvalue weighted by Crippen LogP contribution is -2.43. The van der Waals surface area contributed by atoms with Gasteiger partial charge < -0.3 is 0 Å². The van der Waals surface area contributed by atoms with Crippen molar-refractivity contribution in [2.24, 2.45) is 0 Å². The molecule has 0 aliphatic heterocycles. The molecule has 3 rings (SSSR count). The second-order valence-corrected chi connectivity index (χ2v) is 5.18. The Labute approximate surface area is 109 Å². The first kappa shape index (κ1) is 11.5. The summed E-state index contributed by atoms with van der Waals surface area (Å²) in [5.74, 6) is 0. The van der Waals surface area contributed by atoms with Crippen LogP contribution >= 0.6 is 0 Å². The standard InChI is InChI=1S/C17H20N/c1-14(15-8-3-2-4-9-15)18-13-7-11-16-10-5-6-12-17(16)18/h2-4,7-9,11,13-14H,5-6,10,12H2,1H3/q+1. The lowest BCUT2D eigenvalue weighted by Gasteiger charge is -2.17. The van der Waals surface area contributed by atoms with Gasteiger partial charge >= 0.3 is 0 Å². The third-order valence-electron chi connectivity index (χ3n) is 4.04. The van der Waals surface area contributed by atoms with E-state index in [2.05, 4.69) is 60.2 Å². The van der Waals surface area contributed by atoms with Crippen LogP contribution in [0.15, 0.2) is 48.7 Å². The van der Waals surface area contributed by atoms with Crippen LogP contribution in [0.25, 0.3) is 0 Å². The summed E-state index contributed by atoms with van der Waals surface area (Å²) in [5, 5.41) is 0. The molecule has 92 valence electrons. The average molecular weight is 238 g/mol. The maximum absolute atomic E-state index is 2.46. The third kappa shape index (κ3) is 2.05. The van der Waals surface area contributed by atoms with E-state index in [0.29, 0.717) is 6.04 Å². The van der Waals surface area contributed by atoms with E-state index in [9.17, 15) is 0 Å². The van der Waals surface area contributed by atoms with Crippen molar-refractivity contribution >= 4 is 0 Å². The molecule has 1 nitrogen and oxygen atoms in total. The molecule has 1 unspecified atom stereocenters. The predicted octanol–water partition coefficient (Wildman–Crippen LogP) is 3.46. The van der Waals surface area contributed by atoms with Crippen molar-refractivity contribution in [2.45, 2.75) is 38.6 Å². The first-order valence-corrected chi connectivity index (χ1v) is 6.93. The second kappa shape index (κ2) is 4.93. The number of aryl methyl sites for hydroxylation is 1. The number of pyridine rings is 1. The van der Waals surface area contributed by atoms with Crippen LogP contribution in [-0.2, 0) is 12.8 Å². The van der Waals surface area contributed by atoms with Crippen LogP contribution in [-0.4, -0.2) is 0 Å². The van der Waals surface area contributed by atoms with Crippen LogP contribution < -0.4 is 4.57 Å². The highest BCUT2D eigenvalue weighted by molar-refractivity contribution is 5.20. The van der Waals surface area contributed by atoms with Crippen LogP contribution in [0, 0.1) is 0 Å². The third-order valence-corrected chi connectivity index (χ3v) is 4.04. The fourth-order valence-corrected chi connectivity index (χ4v) is 2.98. The molecule has 0 bridgehead atoms. The largest absolute Gasteiger partial charge is 0.195 e. The van der Waals surface area contributed by atoms with Gasteiger partial charge in [-0.3, -0.25) is 0 Å². The molecule has 2 aromatic rings. The molecule has 0 N–H and O–H groups in total. The molecule has 0 saturated heterocycles. The highest BCUT2D eigenvalue weighted by Gasteiger charge is 2.24. The van der Waals surface area contributed by atoms with Crippen molar-refractivity contribution in [3.63, 3.8) is 0 Å². The second-order valence-electron chi connectivity index (χ2n) is 5.18. The fourth-order valence-electron chi connectivity index (χ4n) is 2.98. The molecule has 0 radical (unpaired) electrons. The first-order chi connectivity index (χ1) is 8.86. The Balaban J connectivity index is 2.02. The van der Waals surface area contributed by atoms with E-state index >= 15 is 0 Å². The van der Waals surface area contributed by atoms with Gasteiger partial charge in [-0.15, -0.1) is 0 Å². The molecule has 0 spiro atoms. The summed E-state index contributed by atoms with van der Waals surface area (Å²) in [6.45, 7) is 2.30. The number of fused-ring (bicyclic) bond motifs is 1. The van der Waals surface area contributed by atoms with Crippen LogP contribution in [0.2, 0.25) is 0 Å². The van der Waals surface area contributed by atoms with E-state index in [4.69, 9.17) is 0 Å². The summed E-state index contributed by atoms with van der Waals surface area (Å²) in [6.07, 6.45) is 7.39. The molecule has 0 saturated carbocycles. The zero-order valence-electron chi connectivity index (χ0n) is 11.0. The molecule has 1 heteroatoms. The molecular weight excluding hydrogens is 218 g/mol. The lowest BCUT2D eigenvalue weighted by molar-refractivity contribution is -0.718. The normalized spacial score (nSPS) is 16.1. The van der Waals surface area contributed by atoms with Crippen molar-refractivity contribution in [2.75, 3.05) is 0 Å². The van der Waals surface area contributed by atoms with Crippen molar-refractivity contribution < 1.29 is 4.57 Å². The van der Waals surface area contributed by atoms with Gasteiger partial charge in [0.15, 0.2) is 17.9 Å². The van der Waals surface area contributed by atoms with Crippen molar-refractivity contribution in [3.8, 4) is 0 Å². The summed E-state index contributed by atoms with van der Waals surface area (Å²) in [5.41, 5.74) is 4.48. The number of rotatable bonds is 2. The minimum absolute atomic E-state index is 0.430. The minimum atomic E-state index is 0.430. The number of hydrogen-bond acceptors (Lipinski definition) is 0. The molecule has 18 heavy (non-hydrogen) atoms. The van der Waals surface area contributed by atoms with Crippen molar-refractivity contribution in [3.05, 3.63) is 65.5 Å². The molecular formula is C17H20N+. The Morgan fingerprint density at radius 1 is 0.944 bits per heavy atom. The van der Waals surface area contributed by atoms with E-state index in [-0.39, 0.29) is 0 Å². The number of benzene rings is 1. The SMILES string of the molecule is CC(c1ccccc1)[n+]1cccc2c1CCCC2. The summed E-state index contributed by atoms with van der Waals surface area (Å²) in [7, 11) is 0. The molecule has 1 aromatic carbocycles. The van der Waals surface area contributed by atoms with E-state index in [1.54, 1.807) is 11.3 Å². The number of aromatic nitrogens is 1. The highest BCUT2D eigenvalue weighted by Crippen LogP contribution is 2.20. The minimum Gasteiger partial charge on any atom is -0.195 e. The molecule has 1 aromatic heterocycles. The molecule has 1 heterocycles. The fraction of sp³-hybridized carbons (Fsp3) is 0.353. The highest BCUT2D eigenvalue weighted by atomic mass is 15.0. The van der Waals surface area contributed by atoms with Gasteiger partial charge in [-0.25, -0.2) is 0 Å². The monoisotopic (exact) mass is 238 g/mol. The summed E-state index contributed by atoms with van der Waals surface area (Å²) in [4.78, 5) is 0. The van der Waals surface area contributed by atoms with Crippen LogP contribution in [0.4, 0.5) is 0 Å². The van der Waals surface area contributed by atoms with Gasteiger partial charge in [0.1, 0.15) is 0 Å². The predicted molar refractivity (Wildman–Crippen MR) is 73.5 cm³/mol. The topological polar surface area (TPSA) is 3.88 Å². The Kier molecular flexibility index (Phi) is 3.14. The molecule has 0 fully saturated rings. The van der Waals surface area contributed by atoms with E-state index in [0.717, 1.165) is 0 Å². The Morgan fingerprint density at radius 3 is 2.56 bits per heavy atom. The van der Waals surface area contributed by atoms with Gasteiger partial charge in [-0.05, 0) is 25.3 Å². The molecule has 0 amide bonds. The number of hydrogen-bond donors (Lipinski definition) is 0. The van der Waals surface area contributed by atoms with Crippen LogP contribution in [0.3, 0.4) is 0 Å². The Bertz CT molecular complexity index is 531. The van der Waals surface area contributed by atoms with E-state index in [1.807, 2.05) is 0 Å². The lowest BCUT2D eigenvalue weighted by atomic mass is 9.94. The van der Waals surface area contributed by atoms with Gasteiger partial charge in [0.25, 0.3) is 0 Å². The van der Waals surface area contributed by atoms with Crippen LogP contribution in [0.1, 0.15) is 42.6 Å². The smallest absolute Gasteiger partial charge is 0.185 e. The zero-order chi connectivity index (χ0) is 12.4. The quantitative estimate of drug-likeness (QED) is 0.705. The molecule has 1 aliphatic rings. The maximum atomic E-state index is 2.46. The van der Waals surface area contributed by atoms with Gasteiger partial charge in [0.05, 0.1) is 0 Å². The first-order valence-electron chi connectivity index (χ1n) is 6.93. The summed E-state index contributed by atoms with van der Waals surface area (Å²) in [6, 6.07) is 15.7. The van der Waals surface area contributed by atoms with Crippen LogP contribution in [0.5, 0.6) is 0 Å². The zero-order valence-corrected chi connectivity index (χ0v) is 11.0. The average Bonchev–Trinajstić information content (AvgIpc) is 2.47. The van der Waals surface area contributed by atoms with Gasteiger partial charge in [-0.2, -0.15) is 4.57 Å². The van der Waals surface area contributed by atoms with Gasteiger partial charge in [-0.1, -0.05) is 30.3 Å². The molecule has 1 aliphatic carbocycles. The summed E-state index contributed by atoms with van der Waals surface area (Å²) >= 11 is 0. The Hall–Kier alpha value is -1.63. The van der Waals surface area contributed by atoms with E-state index in [1.165, 1.54) is 31.2 Å². The number of nitrogens with zero attached hydrogens (tertiary/aromatic N) is 1. The van der Waals surface area contributed by atoms with Crippen molar-refractivity contribution in [1.82, 2.24) is 0 Å². The van der Waals surface area contributed by atoms with E-state index < -0.39 is 0 Å². The summed E-state index contributed by atoms with van der Waals surface area (Å²) < 4.78 is 2.46. The van der Waals surface area contributed by atoms with Gasteiger partial charge in [0.2, 0.25) is 0 Å². The Morgan fingerprint density at radius 2 is 1.72 bits per heavy atom.